The number of aliphatic hydroxyl groups excluding tert-OH is 1. The van der Waals surface area contributed by atoms with E-state index in [2.05, 4.69) is 0 Å². The number of carbonyl (C=O) groups is 1. The normalized spacial score (nSPS) is 22.6. The van der Waals surface area contributed by atoms with E-state index in [0.717, 1.165) is 44.7 Å². The van der Waals surface area contributed by atoms with Gasteiger partial charge in [0.05, 0.1) is 0 Å². The quantitative estimate of drug-likeness (QED) is 0.818. The highest BCUT2D eigenvalue weighted by Crippen LogP contribution is 2.29. The predicted octanol–water partition coefficient (Wildman–Crippen LogP) is 2.58. The summed E-state index contributed by atoms with van der Waals surface area (Å²) in [6, 6.07) is 0. The number of rotatable bonds is 5. The molecule has 0 unspecified atom stereocenters. The SMILES string of the molecule is O=C(CCCC1CCCC1)N1CCC(CO)CC1. The van der Waals surface area contributed by atoms with Gasteiger partial charge in [0.15, 0.2) is 0 Å². The molecule has 18 heavy (non-hydrogen) atoms. The van der Waals surface area contributed by atoms with Gasteiger partial charge >= 0.3 is 0 Å². The molecule has 0 spiro atoms. The maximum Gasteiger partial charge on any atom is 0.222 e. The van der Waals surface area contributed by atoms with Gasteiger partial charge < -0.3 is 10.0 Å². The first-order chi connectivity index (χ1) is 8.79. The van der Waals surface area contributed by atoms with E-state index < -0.39 is 0 Å². The Labute approximate surface area is 111 Å². The van der Waals surface area contributed by atoms with E-state index in [-0.39, 0.29) is 6.61 Å². The molecular formula is C15H27NO2. The van der Waals surface area contributed by atoms with Gasteiger partial charge in [0.2, 0.25) is 5.91 Å². The minimum Gasteiger partial charge on any atom is -0.396 e. The average molecular weight is 253 g/mol. The zero-order chi connectivity index (χ0) is 12.8. The highest BCUT2D eigenvalue weighted by molar-refractivity contribution is 5.76. The molecule has 2 aliphatic rings. The van der Waals surface area contributed by atoms with Crippen LogP contribution in [0.25, 0.3) is 0 Å². The summed E-state index contributed by atoms with van der Waals surface area (Å²) < 4.78 is 0. The fourth-order valence-corrected chi connectivity index (χ4v) is 3.36. The van der Waals surface area contributed by atoms with Gasteiger partial charge in [-0.25, -0.2) is 0 Å². The Kier molecular flexibility index (Phi) is 5.48. The predicted molar refractivity (Wildman–Crippen MR) is 72.2 cm³/mol. The molecule has 1 aliphatic heterocycles. The van der Waals surface area contributed by atoms with Crippen molar-refractivity contribution >= 4 is 5.91 Å². The van der Waals surface area contributed by atoms with Crippen LogP contribution >= 0.6 is 0 Å². The second kappa shape index (κ2) is 7.13. The van der Waals surface area contributed by atoms with Crippen molar-refractivity contribution in [3.05, 3.63) is 0 Å². The van der Waals surface area contributed by atoms with Gasteiger partial charge in [0.25, 0.3) is 0 Å². The van der Waals surface area contributed by atoms with E-state index in [1.165, 1.54) is 32.1 Å². The van der Waals surface area contributed by atoms with Crippen molar-refractivity contribution in [2.24, 2.45) is 11.8 Å². The molecule has 0 atom stereocenters. The largest absolute Gasteiger partial charge is 0.396 e. The Morgan fingerprint density at radius 3 is 2.33 bits per heavy atom. The van der Waals surface area contributed by atoms with Crippen molar-refractivity contribution in [2.45, 2.75) is 57.8 Å². The lowest BCUT2D eigenvalue weighted by molar-refractivity contribution is -0.132. The number of hydrogen-bond donors (Lipinski definition) is 1. The summed E-state index contributed by atoms with van der Waals surface area (Å²) in [6.45, 7) is 1.99. The van der Waals surface area contributed by atoms with Crippen molar-refractivity contribution in [3.63, 3.8) is 0 Å². The Morgan fingerprint density at radius 1 is 1.06 bits per heavy atom. The third-order valence-electron chi connectivity index (χ3n) is 4.70. The molecular weight excluding hydrogens is 226 g/mol. The molecule has 3 heteroatoms. The van der Waals surface area contributed by atoms with Gasteiger partial charge in [-0.05, 0) is 37.5 Å². The standard InChI is InChI=1S/C15H27NO2/c17-12-14-8-10-16(11-9-14)15(18)7-3-6-13-4-1-2-5-13/h13-14,17H,1-12H2. The van der Waals surface area contributed by atoms with E-state index in [1.807, 2.05) is 4.90 Å². The molecule has 1 saturated heterocycles. The number of aliphatic hydroxyl groups is 1. The van der Waals surface area contributed by atoms with Gasteiger partial charge in [-0.2, -0.15) is 0 Å². The van der Waals surface area contributed by atoms with Gasteiger partial charge in [-0.15, -0.1) is 0 Å². The Bertz CT molecular complexity index is 253. The van der Waals surface area contributed by atoms with Crippen LogP contribution in [0.1, 0.15) is 57.8 Å². The van der Waals surface area contributed by atoms with Crippen LogP contribution in [0.2, 0.25) is 0 Å². The molecule has 104 valence electrons. The molecule has 1 saturated carbocycles. The second-order valence-electron chi connectivity index (χ2n) is 6.05. The minimum atomic E-state index is 0.281. The van der Waals surface area contributed by atoms with E-state index in [4.69, 9.17) is 5.11 Å². The van der Waals surface area contributed by atoms with Gasteiger partial charge in [0, 0.05) is 26.1 Å². The summed E-state index contributed by atoms with van der Waals surface area (Å²) in [5.41, 5.74) is 0. The minimum absolute atomic E-state index is 0.281. The summed E-state index contributed by atoms with van der Waals surface area (Å²) in [5, 5.41) is 9.08. The topological polar surface area (TPSA) is 40.5 Å². The number of nitrogens with zero attached hydrogens (tertiary/aromatic N) is 1. The Morgan fingerprint density at radius 2 is 1.72 bits per heavy atom. The zero-order valence-corrected chi connectivity index (χ0v) is 11.4. The average Bonchev–Trinajstić information content (AvgIpc) is 2.92. The first-order valence-corrected chi connectivity index (χ1v) is 7.68. The zero-order valence-electron chi connectivity index (χ0n) is 11.4. The molecule has 0 aromatic heterocycles. The van der Waals surface area contributed by atoms with Crippen LogP contribution in [-0.4, -0.2) is 35.6 Å². The van der Waals surface area contributed by atoms with Crippen LogP contribution in [0.15, 0.2) is 0 Å². The molecule has 0 radical (unpaired) electrons. The lowest BCUT2D eigenvalue weighted by Gasteiger charge is -2.31. The number of carbonyl (C=O) groups excluding carboxylic acids is 1. The van der Waals surface area contributed by atoms with E-state index in [0.29, 0.717) is 11.8 Å². The molecule has 1 heterocycles. The van der Waals surface area contributed by atoms with Gasteiger partial charge in [-0.1, -0.05) is 25.7 Å². The van der Waals surface area contributed by atoms with Crippen LogP contribution in [0.4, 0.5) is 0 Å². The van der Waals surface area contributed by atoms with Crippen molar-refractivity contribution in [1.82, 2.24) is 4.90 Å². The molecule has 1 aliphatic carbocycles. The third kappa shape index (κ3) is 3.98. The molecule has 0 aromatic carbocycles. The first-order valence-electron chi connectivity index (χ1n) is 7.68. The highest BCUT2D eigenvalue weighted by Gasteiger charge is 2.22. The summed E-state index contributed by atoms with van der Waals surface area (Å²) in [7, 11) is 0. The molecule has 2 rings (SSSR count). The number of likely N-dealkylation sites (tertiary alicyclic amines) is 1. The second-order valence-corrected chi connectivity index (χ2v) is 6.05. The lowest BCUT2D eigenvalue weighted by atomic mass is 9.97. The summed E-state index contributed by atoms with van der Waals surface area (Å²) >= 11 is 0. The van der Waals surface area contributed by atoms with Crippen LogP contribution in [0, 0.1) is 11.8 Å². The number of hydrogen-bond acceptors (Lipinski definition) is 2. The van der Waals surface area contributed by atoms with Crippen molar-refractivity contribution in [2.75, 3.05) is 19.7 Å². The van der Waals surface area contributed by atoms with E-state index in [1.54, 1.807) is 0 Å². The Balaban J connectivity index is 1.59. The van der Waals surface area contributed by atoms with Crippen LogP contribution < -0.4 is 0 Å². The number of piperidine rings is 1. The summed E-state index contributed by atoms with van der Waals surface area (Å²) in [4.78, 5) is 14.0. The molecule has 0 bridgehead atoms. The maximum absolute atomic E-state index is 12.0. The molecule has 0 aromatic rings. The van der Waals surface area contributed by atoms with E-state index >= 15 is 0 Å². The number of amides is 1. The first kappa shape index (κ1) is 13.9. The van der Waals surface area contributed by atoms with Crippen LogP contribution in [0.5, 0.6) is 0 Å². The Hall–Kier alpha value is -0.570. The third-order valence-corrected chi connectivity index (χ3v) is 4.70. The summed E-state index contributed by atoms with van der Waals surface area (Å²) in [6.07, 6.45) is 10.6. The monoisotopic (exact) mass is 253 g/mol. The smallest absolute Gasteiger partial charge is 0.222 e. The maximum atomic E-state index is 12.0. The van der Waals surface area contributed by atoms with Crippen LogP contribution in [-0.2, 0) is 4.79 Å². The fraction of sp³-hybridized carbons (Fsp3) is 0.933. The lowest BCUT2D eigenvalue weighted by Crippen LogP contribution is -2.39. The molecule has 1 amide bonds. The fourth-order valence-electron chi connectivity index (χ4n) is 3.36. The van der Waals surface area contributed by atoms with Crippen molar-refractivity contribution in [1.29, 1.82) is 0 Å². The van der Waals surface area contributed by atoms with Crippen LogP contribution in [0.3, 0.4) is 0 Å². The van der Waals surface area contributed by atoms with Gasteiger partial charge in [-0.3, -0.25) is 4.79 Å². The van der Waals surface area contributed by atoms with Crippen molar-refractivity contribution in [3.8, 4) is 0 Å². The molecule has 3 nitrogen and oxygen atoms in total. The summed E-state index contributed by atoms with van der Waals surface area (Å²) in [5.74, 6) is 1.66. The van der Waals surface area contributed by atoms with Gasteiger partial charge in [0.1, 0.15) is 0 Å². The highest BCUT2D eigenvalue weighted by atomic mass is 16.3. The van der Waals surface area contributed by atoms with E-state index in [9.17, 15) is 4.79 Å². The van der Waals surface area contributed by atoms with Crippen molar-refractivity contribution < 1.29 is 9.90 Å². The molecule has 1 N–H and O–H groups in total. The molecule has 2 fully saturated rings.